The van der Waals surface area contributed by atoms with Gasteiger partial charge in [-0.2, -0.15) is 0 Å². The second-order valence-corrected chi connectivity index (χ2v) is 8.89. The second kappa shape index (κ2) is 9.47. The topological polar surface area (TPSA) is 81.1 Å². The van der Waals surface area contributed by atoms with Gasteiger partial charge in [-0.05, 0) is 26.8 Å². The summed E-state index contributed by atoms with van der Waals surface area (Å²) in [5, 5.41) is 0. The van der Waals surface area contributed by atoms with E-state index in [4.69, 9.17) is 14.5 Å². The Labute approximate surface area is 199 Å². The number of pyridine rings is 1. The van der Waals surface area contributed by atoms with Crippen molar-refractivity contribution in [3.63, 3.8) is 0 Å². The van der Waals surface area contributed by atoms with Gasteiger partial charge in [0.15, 0.2) is 6.04 Å². The maximum absolute atomic E-state index is 13.2. The highest BCUT2D eigenvalue weighted by Crippen LogP contribution is 2.42. The molecule has 7 heteroatoms. The molecule has 0 spiro atoms. The SMILES string of the molecule is COC(=O)[C@H]1[C@H](N=C(c2ccccc2)c2ccccc2)c2cccnc2N1C(=O)OC(C)(C)C. The molecule has 2 aromatic carbocycles. The van der Waals surface area contributed by atoms with Crippen LogP contribution in [-0.4, -0.2) is 41.5 Å². The van der Waals surface area contributed by atoms with E-state index >= 15 is 0 Å². The van der Waals surface area contributed by atoms with E-state index in [0.717, 1.165) is 11.1 Å². The van der Waals surface area contributed by atoms with Gasteiger partial charge in [0, 0.05) is 22.9 Å². The van der Waals surface area contributed by atoms with Gasteiger partial charge in [0.25, 0.3) is 0 Å². The maximum atomic E-state index is 13.2. The predicted octanol–water partition coefficient (Wildman–Crippen LogP) is 4.96. The molecular formula is C27H27N3O4. The van der Waals surface area contributed by atoms with Crippen molar-refractivity contribution in [2.45, 2.75) is 38.5 Å². The van der Waals surface area contributed by atoms with Crippen molar-refractivity contribution in [1.29, 1.82) is 0 Å². The van der Waals surface area contributed by atoms with Crippen LogP contribution in [0.4, 0.5) is 10.6 Å². The number of methoxy groups -OCH3 is 1. The van der Waals surface area contributed by atoms with Crippen LogP contribution >= 0.6 is 0 Å². The number of ether oxygens (including phenoxy) is 2. The van der Waals surface area contributed by atoms with Crippen molar-refractivity contribution in [3.05, 3.63) is 95.7 Å². The number of hydrogen-bond donors (Lipinski definition) is 0. The third-order valence-corrected chi connectivity index (χ3v) is 5.34. The van der Waals surface area contributed by atoms with Crippen LogP contribution in [0.3, 0.4) is 0 Å². The van der Waals surface area contributed by atoms with Crippen LogP contribution in [0.5, 0.6) is 0 Å². The summed E-state index contributed by atoms with van der Waals surface area (Å²) in [7, 11) is 1.29. The number of amides is 1. The first-order valence-electron chi connectivity index (χ1n) is 11.0. The highest BCUT2D eigenvalue weighted by Gasteiger charge is 2.49. The van der Waals surface area contributed by atoms with Crippen LogP contribution in [0, 0.1) is 0 Å². The molecule has 34 heavy (non-hydrogen) atoms. The zero-order chi connectivity index (χ0) is 24.3. The number of carbonyl (C=O) groups is 2. The molecule has 0 saturated carbocycles. The Bertz CT molecular complexity index is 1160. The van der Waals surface area contributed by atoms with Crippen LogP contribution in [-0.2, 0) is 14.3 Å². The molecular weight excluding hydrogens is 430 g/mol. The number of benzene rings is 2. The molecule has 174 valence electrons. The quantitative estimate of drug-likeness (QED) is 0.409. The minimum atomic E-state index is -1.06. The number of aromatic nitrogens is 1. The van der Waals surface area contributed by atoms with Crippen molar-refractivity contribution in [2.24, 2.45) is 4.99 Å². The van der Waals surface area contributed by atoms with Crippen LogP contribution in [0.2, 0.25) is 0 Å². The van der Waals surface area contributed by atoms with Crippen LogP contribution in [0.25, 0.3) is 0 Å². The normalized spacial score (nSPS) is 17.0. The molecule has 7 nitrogen and oxygen atoms in total. The number of anilines is 1. The molecule has 0 radical (unpaired) electrons. The fraction of sp³-hybridized carbons (Fsp3) is 0.259. The largest absolute Gasteiger partial charge is 0.467 e. The molecule has 0 unspecified atom stereocenters. The van der Waals surface area contributed by atoms with Gasteiger partial charge in [0.2, 0.25) is 0 Å². The molecule has 3 aromatic rings. The number of esters is 1. The van der Waals surface area contributed by atoms with E-state index in [2.05, 4.69) is 4.98 Å². The lowest BCUT2D eigenvalue weighted by Crippen LogP contribution is -2.47. The van der Waals surface area contributed by atoms with E-state index in [1.807, 2.05) is 66.7 Å². The Morgan fingerprint density at radius 2 is 1.50 bits per heavy atom. The lowest BCUT2D eigenvalue weighted by molar-refractivity contribution is -0.142. The van der Waals surface area contributed by atoms with Crippen molar-refractivity contribution in [2.75, 3.05) is 12.0 Å². The second-order valence-electron chi connectivity index (χ2n) is 8.89. The number of nitrogens with zero attached hydrogens (tertiary/aromatic N) is 3. The standard InChI is InChI=1S/C27H27N3O4/c1-27(2,3)34-26(32)30-23(25(31)33-4)22(20-16-11-17-28-24(20)30)29-21(18-12-7-5-8-13-18)19-14-9-6-10-15-19/h5-17,22-23H,1-4H3/t22-,23-/m1/s1. The van der Waals surface area contributed by atoms with Crippen molar-refractivity contribution in [3.8, 4) is 0 Å². The summed E-state index contributed by atoms with van der Waals surface area (Å²) >= 11 is 0. The van der Waals surface area contributed by atoms with E-state index < -0.39 is 29.7 Å². The molecule has 1 aromatic heterocycles. The van der Waals surface area contributed by atoms with E-state index in [1.54, 1.807) is 33.0 Å². The van der Waals surface area contributed by atoms with Gasteiger partial charge in [-0.15, -0.1) is 0 Å². The molecule has 0 bridgehead atoms. The van der Waals surface area contributed by atoms with Gasteiger partial charge in [0.05, 0.1) is 12.8 Å². The van der Waals surface area contributed by atoms with Crippen LogP contribution in [0.15, 0.2) is 84.0 Å². The molecule has 2 heterocycles. The Morgan fingerprint density at radius 3 is 2.03 bits per heavy atom. The van der Waals surface area contributed by atoms with Crippen molar-refractivity contribution in [1.82, 2.24) is 4.98 Å². The van der Waals surface area contributed by atoms with Gasteiger partial charge in [-0.3, -0.25) is 4.99 Å². The van der Waals surface area contributed by atoms with Gasteiger partial charge >= 0.3 is 12.1 Å². The van der Waals surface area contributed by atoms with Crippen LogP contribution in [0.1, 0.15) is 43.5 Å². The molecule has 0 fully saturated rings. The Balaban J connectivity index is 1.90. The third kappa shape index (κ3) is 4.69. The smallest absolute Gasteiger partial charge is 0.416 e. The summed E-state index contributed by atoms with van der Waals surface area (Å²) in [6, 6.07) is 21.2. The average Bonchev–Trinajstić information content (AvgIpc) is 3.16. The number of carbonyl (C=O) groups excluding carboxylic acids is 2. The first kappa shape index (κ1) is 23.2. The first-order valence-corrected chi connectivity index (χ1v) is 11.0. The molecule has 0 N–H and O–H groups in total. The molecule has 1 amide bonds. The lowest BCUT2D eigenvalue weighted by atomic mass is 9.99. The minimum absolute atomic E-state index is 0.335. The molecule has 0 aliphatic carbocycles. The summed E-state index contributed by atoms with van der Waals surface area (Å²) in [5.41, 5.74) is 2.36. The highest BCUT2D eigenvalue weighted by atomic mass is 16.6. The number of aliphatic imine (C=N–C) groups is 1. The van der Waals surface area contributed by atoms with Gasteiger partial charge in [-0.1, -0.05) is 66.7 Å². The fourth-order valence-corrected chi connectivity index (χ4v) is 3.94. The molecule has 4 rings (SSSR count). The number of rotatable bonds is 4. The summed E-state index contributed by atoms with van der Waals surface area (Å²) < 4.78 is 10.7. The lowest BCUT2D eigenvalue weighted by Gasteiger charge is -2.28. The fourth-order valence-electron chi connectivity index (χ4n) is 3.94. The molecule has 1 aliphatic rings. The monoisotopic (exact) mass is 457 g/mol. The summed E-state index contributed by atoms with van der Waals surface area (Å²) in [6.07, 6.45) is 0.896. The van der Waals surface area contributed by atoms with E-state index in [-0.39, 0.29) is 0 Å². The van der Waals surface area contributed by atoms with Crippen molar-refractivity contribution < 1.29 is 19.1 Å². The Hall–Kier alpha value is -4.00. The van der Waals surface area contributed by atoms with Gasteiger partial charge in [0.1, 0.15) is 17.5 Å². The van der Waals surface area contributed by atoms with E-state index in [0.29, 0.717) is 17.1 Å². The Kier molecular flexibility index (Phi) is 6.45. The minimum Gasteiger partial charge on any atom is -0.467 e. The van der Waals surface area contributed by atoms with Crippen molar-refractivity contribution >= 4 is 23.6 Å². The number of fused-ring (bicyclic) bond motifs is 1. The van der Waals surface area contributed by atoms with E-state index in [9.17, 15) is 9.59 Å². The van der Waals surface area contributed by atoms with E-state index in [1.165, 1.54) is 12.0 Å². The van der Waals surface area contributed by atoms with Gasteiger partial charge < -0.3 is 9.47 Å². The van der Waals surface area contributed by atoms with Gasteiger partial charge in [-0.25, -0.2) is 19.5 Å². The average molecular weight is 458 g/mol. The maximum Gasteiger partial charge on any atom is 0.416 e. The molecule has 1 aliphatic heterocycles. The highest BCUT2D eigenvalue weighted by molar-refractivity contribution is 6.13. The first-order chi connectivity index (χ1) is 16.3. The summed E-state index contributed by atoms with van der Waals surface area (Å²) in [5.74, 6) is -0.264. The zero-order valence-corrected chi connectivity index (χ0v) is 19.6. The Morgan fingerprint density at radius 1 is 0.912 bits per heavy atom. The van der Waals surface area contributed by atoms with Crippen LogP contribution < -0.4 is 4.90 Å². The predicted molar refractivity (Wildman–Crippen MR) is 130 cm³/mol. The summed E-state index contributed by atoms with van der Waals surface area (Å²) in [6.45, 7) is 5.31. The molecule has 2 atom stereocenters. The summed E-state index contributed by atoms with van der Waals surface area (Å²) in [4.78, 5) is 37.0. The third-order valence-electron chi connectivity index (χ3n) is 5.34. The zero-order valence-electron chi connectivity index (χ0n) is 19.6. The molecule has 0 saturated heterocycles. The number of hydrogen-bond acceptors (Lipinski definition) is 6.